The van der Waals surface area contributed by atoms with Gasteiger partial charge in [-0.1, -0.05) is 36.4 Å². The van der Waals surface area contributed by atoms with Crippen LogP contribution in [0.25, 0.3) is 22.2 Å². The van der Waals surface area contributed by atoms with Crippen LogP contribution in [-0.4, -0.2) is 77.7 Å². The Hall–Kier alpha value is -5.13. The highest BCUT2D eigenvalue weighted by Gasteiger charge is 2.42. The molecule has 4 rings (SSSR count). The number of hydrogen-bond acceptors (Lipinski definition) is 8. The fourth-order valence-corrected chi connectivity index (χ4v) is 5.00. The quantitative estimate of drug-likeness (QED) is 0.292. The minimum Gasteiger partial charge on any atom is -0.497 e. The van der Waals surface area contributed by atoms with Crippen LogP contribution < -0.4 is 25.8 Å². The maximum atomic E-state index is 13.9. The number of pyridine rings is 1. The third kappa shape index (κ3) is 8.49. The van der Waals surface area contributed by atoms with E-state index in [1.165, 1.54) is 11.0 Å². The van der Waals surface area contributed by atoms with Gasteiger partial charge < -0.3 is 35.5 Å². The van der Waals surface area contributed by atoms with Gasteiger partial charge in [0.2, 0.25) is 17.7 Å². The number of carbonyl (C=O) groups excluding carboxylic acids is 4. The summed E-state index contributed by atoms with van der Waals surface area (Å²) in [5.41, 5.74) is 7.10. The molecule has 3 atom stereocenters. The lowest BCUT2D eigenvalue weighted by atomic mass is 10.1. The lowest BCUT2D eigenvalue weighted by Gasteiger charge is -2.28. The molecule has 1 aliphatic heterocycles. The molecule has 0 spiro atoms. The normalized spacial score (nSPS) is 17.1. The Kier molecular flexibility index (Phi) is 10.3. The molecule has 0 saturated carbocycles. The fraction of sp³-hybridized carbons (Fsp3) is 0.364. The number of carbonyl (C=O) groups is 4. The van der Waals surface area contributed by atoms with Crippen LogP contribution in [0, 0.1) is 0 Å². The molecular formula is C33H39N5O7. The first kappa shape index (κ1) is 32.8. The zero-order valence-electron chi connectivity index (χ0n) is 26.0. The third-order valence-electron chi connectivity index (χ3n) is 7.00. The van der Waals surface area contributed by atoms with Gasteiger partial charge in [0.05, 0.1) is 24.9 Å². The van der Waals surface area contributed by atoms with Gasteiger partial charge in [-0.15, -0.1) is 0 Å². The summed E-state index contributed by atoms with van der Waals surface area (Å²) in [7, 11) is 1.57. The van der Waals surface area contributed by atoms with Crippen molar-refractivity contribution in [1.82, 2.24) is 20.5 Å². The molecule has 0 radical (unpaired) electrons. The first-order valence-corrected chi connectivity index (χ1v) is 14.6. The number of amides is 4. The smallest absolute Gasteiger partial charge is 0.408 e. The van der Waals surface area contributed by atoms with Gasteiger partial charge in [0.15, 0.2) is 0 Å². The average molecular weight is 618 g/mol. The second-order valence-electron chi connectivity index (χ2n) is 11.6. The number of nitrogens with one attached hydrogen (secondary N) is 2. The van der Waals surface area contributed by atoms with Crippen molar-refractivity contribution >= 4 is 34.7 Å². The second kappa shape index (κ2) is 14.1. The number of allylic oxidation sites excluding steroid dienone is 1. The molecular weight excluding hydrogens is 578 g/mol. The number of rotatable bonds is 10. The number of likely N-dealkylation sites (tertiary alicyclic amines) is 1. The van der Waals surface area contributed by atoms with Gasteiger partial charge in [-0.25, -0.2) is 9.78 Å². The summed E-state index contributed by atoms with van der Waals surface area (Å²) in [5, 5.41) is 5.84. The van der Waals surface area contributed by atoms with E-state index < -0.39 is 47.6 Å². The molecule has 12 nitrogen and oxygen atoms in total. The predicted molar refractivity (Wildman–Crippen MR) is 168 cm³/mol. The zero-order chi connectivity index (χ0) is 32.7. The monoisotopic (exact) mass is 617 g/mol. The highest BCUT2D eigenvalue weighted by molar-refractivity contribution is 5.93. The van der Waals surface area contributed by atoms with Gasteiger partial charge in [-0.3, -0.25) is 14.4 Å². The number of nitrogens with zero attached hydrogens (tertiary/aromatic N) is 2. The molecule has 12 heteroatoms. The number of methoxy groups -OCH3 is 1. The van der Waals surface area contributed by atoms with E-state index in [9.17, 15) is 19.2 Å². The Labute approximate surface area is 261 Å². The van der Waals surface area contributed by atoms with E-state index in [2.05, 4.69) is 10.6 Å². The van der Waals surface area contributed by atoms with Crippen molar-refractivity contribution in [3.63, 3.8) is 0 Å². The van der Waals surface area contributed by atoms with Crippen molar-refractivity contribution in [2.45, 2.75) is 57.9 Å². The van der Waals surface area contributed by atoms with E-state index >= 15 is 0 Å². The van der Waals surface area contributed by atoms with E-state index in [4.69, 9.17) is 24.9 Å². The number of alkyl carbamates (subject to hydrolysis) is 1. The van der Waals surface area contributed by atoms with Gasteiger partial charge >= 0.3 is 6.09 Å². The van der Waals surface area contributed by atoms with Crippen LogP contribution in [0.15, 0.2) is 66.7 Å². The van der Waals surface area contributed by atoms with Crippen LogP contribution in [0.1, 0.15) is 34.1 Å². The van der Waals surface area contributed by atoms with Crippen molar-refractivity contribution in [2.75, 3.05) is 20.2 Å². The summed E-state index contributed by atoms with van der Waals surface area (Å²) < 4.78 is 17.2. The molecule has 2 heterocycles. The van der Waals surface area contributed by atoms with E-state index in [1.807, 2.05) is 42.5 Å². The molecule has 1 fully saturated rings. The maximum Gasteiger partial charge on any atom is 0.408 e. The second-order valence-corrected chi connectivity index (χ2v) is 11.6. The highest BCUT2D eigenvalue weighted by atomic mass is 16.6. The van der Waals surface area contributed by atoms with E-state index in [-0.39, 0.29) is 19.5 Å². The molecule has 238 valence electrons. The standard InChI is InChI=1S/C33H39N5O7/c1-6-10-29(39)35-18-26(37-32(42)45-33(2,3)4)31(41)38-19-22(16-27(38)30(34)40)44-28-17-24(20-11-8-7-9-12-20)36-25-15-21(43-5)13-14-23(25)28/h6-15,17,22,26-27H,16,18-19H2,1-5H3,(H2,34,40)(H,35,39)(H,37,42)/b10-6+/t22-,26+,27+/m1/s1. The first-order chi connectivity index (χ1) is 21.4. The summed E-state index contributed by atoms with van der Waals surface area (Å²) in [5.74, 6) is -0.664. The molecule has 2 aromatic carbocycles. The molecule has 1 aromatic heterocycles. The van der Waals surface area contributed by atoms with Crippen molar-refractivity contribution in [3.05, 3.63) is 66.7 Å². The summed E-state index contributed by atoms with van der Waals surface area (Å²) in [4.78, 5) is 57.3. The Morgan fingerprint density at radius 1 is 1.11 bits per heavy atom. The molecule has 0 unspecified atom stereocenters. The van der Waals surface area contributed by atoms with Crippen LogP contribution in [0.5, 0.6) is 11.5 Å². The molecule has 0 bridgehead atoms. The lowest BCUT2D eigenvalue weighted by molar-refractivity contribution is -0.139. The molecule has 4 amide bonds. The van der Waals surface area contributed by atoms with Crippen molar-refractivity contribution in [2.24, 2.45) is 5.73 Å². The van der Waals surface area contributed by atoms with Crippen molar-refractivity contribution in [1.29, 1.82) is 0 Å². The van der Waals surface area contributed by atoms with Gasteiger partial charge in [0, 0.05) is 36.0 Å². The van der Waals surface area contributed by atoms with Crippen LogP contribution in [0.4, 0.5) is 4.79 Å². The maximum absolute atomic E-state index is 13.9. The summed E-state index contributed by atoms with van der Waals surface area (Å²) in [6.07, 6.45) is 1.48. The van der Waals surface area contributed by atoms with Crippen LogP contribution >= 0.6 is 0 Å². The molecule has 0 aliphatic carbocycles. The first-order valence-electron chi connectivity index (χ1n) is 14.6. The van der Waals surface area contributed by atoms with E-state index in [1.54, 1.807) is 53.0 Å². The summed E-state index contributed by atoms with van der Waals surface area (Å²) >= 11 is 0. The van der Waals surface area contributed by atoms with Gasteiger partial charge in [-0.2, -0.15) is 0 Å². The minimum absolute atomic E-state index is 0.00237. The van der Waals surface area contributed by atoms with E-state index in [0.717, 1.165) is 5.56 Å². The van der Waals surface area contributed by atoms with Crippen LogP contribution in [-0.2, 0) is 19.1 Å². The summed E-state index contributed by atoms with van der Waals surface area (Å²) in [6, 6.07) is 14.6. The van der Waals surface area contributed by atoms with Gasteiger partial charge in [0.1, 0.15) is 35.3 Å². The number of ether oxygens (including phenoxy) is 3. The topological polar surface area (TPSA) is 162 Å². The molecule has 4 N–H and O–H groups in total. The predicted octanol–water partition coefficient (Wildman–Crippen LogP) is 3.33. The number of aromatic nitrogens is 1. The number of benzene rings is 2. The minimum atomic E-state index is -1.24. The Balaban J connectivity index is 1.62. The molecule has 45 heavy (non-hydrogen) atoms. The van der Waals surface area contributed by atoms with Gasteiger partial charge in [0.25, 0.3) is 0 Å². The number of hydrogen-bond donors (Lipinski definition) is 3. The Morgan fingerprint density at radius 3 is 2.49 bits per heavy atom. The Morgan fingerprint density at radius 2 is 1.84 bits per heavy atom. The van der Waals surface area contributed by atoms with Crippen LogP contribution in [0.3, 0.4) is 0 Å². The molecule has 1 aliphatic rings. The number of nitrogens with two attached hydrogens (primary N) is 1. The fourth-order valence-electron chi connectivity index (χ4n) is 5.00. The Bertz CT molecular complexity index is 1590. The summed E-state index contributed by atoms with van der Waals surface area (Å²) in [6.45, 7) is 6.49. The third-order valence-corrected chi connectivity index (χ3v) is 7.00. The van der Waals surface area contributed by atoms with Crippen molar-refractivity contribution in [3.8, 4) is 22.8 Å². The SMILES string of the molecule is C/C=C/C(=O)NC[C@H](NC(=O)OC(C)(C)C)C(=O)N1C[C@H](Oc2cc(-c3ccccc3)nc3cc(OC)ccc23)C[C@H]1C(N)=O. The average Bonchev–Trinajstić information content (AvgIpc) is 3.42. The van der Waals surface area contributed by atoms with Gasteiger partial charge in [-0.05, 0) is 45.9 Å². The lowest BCUT2D eigenvalue weighted by Crippen LogP contribution is -2.57. The number of primary amides is 1. The number of fused-ring (bicyclic) bond motifs is 1. The molecule has 3 aromatic rings. The highest BCUT2D eigenvalue weighted by Crippen LogP contribution is 2.34. The van der Waals surface area contributed by atoms with Crippen molar-refractivity contribution < 1.29 is 33.4 Å². The largest absolute Gasteiger partial charge is 0.497 e. The molecule has 1 saturated heterocycles. The van der Waals surface area contributed by atoms with Crippen LogP contribution in [0.2, 0.25) is 0 Å². The van der Waals surface area contributed by atoms with E-state index in [0.29, 0.717) is 28.1 Å². The zero-order valence-corrected chi connectivity index (χ0v) is 26.0.